The van der Waals surface area contributed by atoms with Crippen LogP contribution in [0.2, 0.25) is 0 Å². The molecule has 2 aromatic rings. The molecule has 2 aromatic carbocycles. The Kier molecular flexibility index (Phi) is 6.42. The average Bonchev–Trinajstić information content (AvgIpc) is 2.58. The van der Waals surface area contributed by atoms with Crippen LogP contribution in [0.25, 0.3) is 0 Å². The molecular weight excluding hydrogens is 423 g/mol. The standard InChI is InChI=1S/C17H17IN2O4/c1-3-24-16-8-11(4-7-14(16)21)10-19-20-17(22)12-5-6-13(18)15(9-12)23-2/h4-10,21H,3H2,1-2H3,(H,20,22)/b19-10+. The Hall–Kier alpha value is -2.29. The molecule has 0 aromatic heterocycles. The Bertz CT molecular complexity index is 762. The first-order valence-corrected chi connectivity index (χ1v) is 8.25. The largest absolute Gasteiger partial charge is 0.504 e. The predicted molar refractivity (Wildman–Crippen MR) is 100 cm³/mol. The Morgan fingerprint density at radius 2 is 2.08 bits per heavy atom. The smallest absolute Gasteiger partial charge is 0.271 e. The Morgan fingerprint density at radius 3 is 2.79 bits per heavy atom. The molecule has 2 N–H and O–H groups in total. The van der Waals surface area contributed by atoms with Gasteiger partial charge >= 0.3 is 0 Å². The van der Waals surface area contributed by atoms with E-state index < -0.39 is 0 Å². The maximum absolute atomic E-state index is 12.1. The van der Waals surface area contributed by atoms with E-state index in [9.17, 15) is 9.90 Å². The summed E-state index contributed by atoms with van der Waals surface area (Å²) in [5.41, 5.74) is 3.59. The van der Waals surface area contributed by atoms with Crippen LogP contribution in [-0.4, -0.2) is 30.9 Å². The molecule has 0 saturated carbocycles. The zero-order chi connectivity index (χ0) is 17.5. The van der Waals surface area contributed by atoms with E-state index >= 15 is 0 Å². The molecule has 0 aliphatic rings. The number of carbonyl (C=O) groups is 1. The molecule has 0 unspecified atom stereocenters. The van der Waals surface area contributed by atoms with E-state index in [2.05, 4.69) is 33.1 Å². The van der Waals surface area contributed by atoms with Gasteiger partial charge in [0.25, 0.3) is 5.91 Å². The van der Waals surface area contributed by atoms with Gasteiger partial charge < -0.3 is 14.6 Å². The van der Waals surface area contributed by atoms with Crippen molar-refractivity contribution in [2.45, 2.75) is 6.92 Å². The molecule has 0 atom stereocenters. The van der Waals surface area contributed by atoms with Gasteiger partial charge in [-0.3, -0.25) is 4.79 Å². The first-order valence-electron chi connectivity index (χ1n) is 7.18. The van der Waals surface area contributed by atoms with E-state index in [0.29, 0.717) is 29.2 Å². The third kappa shape index (κ3) is 4.60. The topological polar surface area (TPSA) is 80.2 Å². The molecule has 24 heavy (non-hydrogen) atoms. The maximum Gasteiger partial charge on any atom is 0.271 e. The molecule has 0 aliphatic heterocycles. The summed E-state index contributed by atoms with van der Waals surface area (Å²) >= 11 is 2.13. The average molecular weight is 440 g/mol. The number of nitrogens with zero attached hydrogens (tertiary/aromatic N) is 1. The number of amides is 1. The molecule has 7 heteroatoms. The molecule has 0 heterocycles. The van der Waals surface area contributed by atoms with E-state index in [1.807, 2.05) is 6.92 Å². The number of aromatic hydroxyl groups is 1. The van der Waals surface area contributed by atoms with Crippen molar-refractivity contribution in [3.63, 3.8) is 0 Å². The number of nitrogens with one attached hydrogen (secondary N) is 1. The van der Waals surface area contributed by atoms with Crippen molar-refractivity contribution in [1.29, 1.82) is 0 Å². The van der Waals surface area contributed by atoms with E-state index in [1.54, 1.807) is 37.4 Å². The molecule has 0 bridgehead atoms. The van der Waals surface area contributed by atoms with Gasteiger partial charge in [-0.05, 0) is 71.5 Å². The second-order valence-electron chi connectivity index (χ2n) is 4.71. The molecular formula is C17H17IN2O4. The molecule has 0 saturated heterocycles. The van der Waals surface area contributed by atoms with Crippen LogP contribution >= 0.6 is 22.6 Å². The number of phenolic OH excluding ortho intramolecular Hbond substituents is 1. The highest BCUT2D eigenvalue weighted by atomic mass is 127. The Balaban J connectivity index is 2.06. The van der Waals surface area contributed by atoms with Crippen LogP contribution < -0.4 is 14.9 Å². The number of hydrogen-bond acceptors (Lipinski definition) is 5. The van der Waals surface area contributed by atoms with E-state index in [-0.39, 0.29) is 11.7 Å². The lowest BCUT2D eigenvalue weighted by Gasteiger charge is -2.06. The second-order valence-corrected chi connectivity index (χ2v) is 5.87. The van der Waals surface area contributed by atoms with Crippen LogP contribution in [0, 0.1) is 3.57 Å². The minimum atomic E-state index is -0.343. The Morgan fingerprint density at radius 1 is 1.29 bits per heavy atom. The molecule has 0 radical (unpaired) electrons. The zero-order valence-electron chi connectivity index (χ0n) is 13.2. The van der Waals surface area contributed by atoms with Crippen LogP contribution in [0.5, 0.6) is 17.2 Å². The molecule has 0 spiro atoms. The highest BCUT2D eigenvalue weighted by Gasteiger charge is 2.08. The van der Waals surface area contributed by atoms with E-state index in [4.69, 9.17) is 9.47 Å². The number of carbonyl (C=O) groups excluding carboxylic acids is 1. The fraction of sp³-hybridized carbons (Fsp3) is 0.176. The number of benzene rings is 2. The fourth-order valence-corrected chi connectivity index (χ4v) is 2.47. The third-order valence-corrected chi connectivity index (χ3v) is 3.97. The number of ether oxygens (including phenoxy) is 2. The predicted octanol–water partition coefficient (Wildman–Crippen LogP) is 3.17. The van der Waals surface area contributed by atoms with E-state index in [0.717, 1.165) is 3.57 Å². The minimum Gasteiger partial charge on any atom is -0.504 e. The lowest BCUT2D eigenvalue weighted by Crippen LogP contribution is -2.17. The first-order chi connectivity index (χ1) is 11.5. The van der Waals surface area contributed by atoms with Crippen LogP contribution in [-0.2, 0) is 0 Å². The number of rotatable bonds is 6. The lowest BCUT2D eigenvalue weighted by molar-refractivity contribution is 0.0954. The van der Waals surface area contributed by atoms with Gasteiger partial charge in [-0.2, -0.15) is 5.10 Å². The third-order valence-electron chi connectivity index (χ3n) is 3.08. The normalized spacial score (nSPS) is 10.6. The van der Waals surface area contributed by atoms with Crippen molar-refractivity contribution in [2.24, 2.45) is 5.10 Å². The number of hydrazone groups is 1. The second kappa shape index (κ2) is 8.53. The number of methoxy groups -OCH3 is 1. The summed E-state index contributed by atoms with van der Waals surface area (Å²) in [7, 11) is 1.55. The molecule has 126 valence electrons. The summed E-state index contributed by atoms with van der Waals surface area (Å²) in [6, 6.07) is 9.97. The summed E-state index contributed by atoms with van der Waals surface area (Å²) in [5.74, 6) is 0.719. The molecule has 0 aliphatic carbocycles. The van der Waals surface area contributed by atoms with Crippen molar-refractivity contribution in [2.75, 3.05) is 13.7 Å². The highest BCUT2D eigenvalue weighted by molar-refractivity contribution is 14.1. The van der Waals surface area contributed by atoms with Gasteiger partial charge in [0, 0.05) is 5.56 Å². The fourth-order valence-electron chi connectivity index (χ4n) is 1.91. The SMILES string of the molecule is CCOc1cc(/C=N/NC(=O)c2ccc(I)c(OC)c2)ccc1O. The number of hydrogen-bond donors (Lipinski definition) is 2. The summed E-state index contributed by atoms with van der Waals surface area (Å²) < 4.78 is 11.4. The highest BCUT2D eigenvalue weighted by Crippen LogP contribution is 2.26. The van der Waals surface area contributed by atoms with Gasteiger partial charge in [-0.15, -0.1) is 0 Å². The lowest BCUT2D eigenvalue weighted by atomic mass is 10.2. The van der Waals surface area contributed by atoms with Crippen LogP contribution in [0.4, 0.5) is 0 Å². The monoisotopic (exact) mass is 440 g/mol. The van der Waals surface area contributed by atoms with Crippen LogP contribution in [0.1, 0.15) is 22.8 Å². The van der Waals surface area contributed by atoms with Gasteiger partial charge in [0.05, 0.1) is 23.5 Å². The van der Waals surface area contributed by atoms with Crippen molar-refractivity contribution >= 4 is 34.7 Å². The summed E-state index contributed by atoms with van der Waals surface area (Å²) in [4.78, 5) is 12.1. The molecule has 1 amide bonds. The summed E-state index contributed by atoms with van der Waals surface area (Å²) in [6.45, 7) is 2.27. The first kappa shape index (κ1) is 18.1. The van der Waals surface area contributed by atoms with Crippen LogP contribution in [0.3, 0.4) is 0 Å². The summed E-state index contributed by atoms with van der Waals surface area (Å²) in [6.07, 6.45) is 1.48. The van der Waals surface area contributed by atoms with Crippen molar-refractivity contribution in [3.05, 3.63) is 51.1 Å². The maximum atomic E-state index is 12.1. The number of phenols is 1. The zero-order valence-corrected chi connectivity index (χ0v) is 15.4. The molecule has 6 nitrogen and oxygen atoms in total. The van der Waals surface area contributed by atoms with Gasteiger partial charge in [-0.25, -0.2) is 5.43 Å². The molecule has 0 fully saturated rings. The summed E-state index contributed by atoms with van der Waals surface area (Å²) in [5, 5.41) is 13.6. The van der Waals surface area contributed by atoms with Gasteiger partial charge in [0.2, 0.25) is 0 Å². The van der Waals surface area contributed by atoms with Crippen molar-refractivity contribution in [1.82, 2.24) is 5.43 Å². The van der Waals surface area contributed by atoms with Gasteiger partial charge in [-0.1, -0.05) is 0 Å². The van der Waals surface area contributed by atoms with E-state index in [1.165, 1.54) is 12.3 Å². The number of halogens is 1. The van der Waals surface area contributed by atoms with Crippen molar-refractivity contribution < 1.29 is 19.4 Å². The van der Waals surface area contributed by atoms with Gasteiger partial charge in [0.15, 0.2) is 11.5 Å². The van der Waals surface area contributed by atoms with Crippen LogP contribution in [0.15, 0.2) is 41.5 Å². The minimum absolute atomic E-state index is 0.0593. The quantitative estimate of drug-likeness (QED) is 0.411. The van der Waals surface area contributed by atoms with Crippen molar-refractivity contribution in [3.8, 4) is 17.2 Å². The molecule has 2 rings (SSSR count). The van der Waals surface area contributed by atoms with Gasteiger partial charge in [0.1, 0.15) is 5.75 Å². The Labute approximate surface area is 153 Å².